The molecule has 5 nitrogen and oxygen atoms in total. The number of furan rings is 1. The molecule has 0 saturated heterocycles. The standard InChI is InChI=1S/C45H26N4OS/c1-3-12-27(13-4-1)43-46-44(28-14-5-2-6-15-28)48-45(47-43)32-18-11-20-39-42(32)35-24-29(22-23-38(35)50-39)49-36-19-9-7-16-30(36)33-26-41-34(25-37(33)49)31-17-8-10-21-40(31)51-41/h1-26H. The Bertz CT molecular complexity index is 3080. The summed E-state index contributed by atoms with van der Waals surface area (Å²) in [5.41, 5.74) is 7.78. The van der Waals surface area contributed by atoms with Crippen molar-refractivity contribution < 1.29 is 4.42 Å². The molecule has 0 amide bonds. The number of para-hydroxylation sites is 1. The summed E-state index contributed by atoms with van der Waals surface area (Å²) in [6.07, 6.45) is 0. The van der Waals surface area contributed by atoms with Crippen LogP contribution in [0.5, 0.6) is 0 Å². The lowest BCUT2D eigenvalue weighted by molar-refractivity contribution is 0.669. The molecule has 51 heavy (non-hydrogen) atoms. The van der Waals surface area contributed by atoms with E-state index in [1.165, 1.54) is 42.0 Å². The summed E-state index contributed by atoms with van der Waals surface area (Å²) < 4.78 is 11.5. The number of fused-ring (bicyclic) bond motifs is 9. The fourth-order valence-corrected chi connectivity index (χ4v) is 8.66. The second-order valence-electron chi connectivity index (χ2n) is 12.8. The Morgan fingerprint density at radius 3 is 1.90 bits per heavy atom. The minimum absolute atomic E-state index is 0.602. The third-order valence-corrected chi connectivity index (χ3v) is 11.0. The van der Waals surface area contributed by atoms with Crippen molar-refractivity contribution in [1.82, 2.24) is 19.5 Å². The first-order valence-corrected chi connectivity index (χ1v) is 17.8. The molecule has 0 unspecified atom stereocenters. The van der Waals surface area contributed by atoms with Gasteiger partial charge in [-0.1, -0.05) is 109 Å². The first-order valence-electron chi connectivity index (χ1n) is 16.9. The van der Waals surface area contributed by atoms with Gasteiger partial charge < -0.3 is 8.98 Å². The average molecular weight is 671 g/mol. The van der Waals surface area contributed by atoms with Crippen LogP contribution >= 0.6 is 11.3 Å². The minimum atomic E-state index is 0.602. The molecule has 11 rings (SSSR count). The number of rotatable bonds is 4. The topological polar surface area (TPSA) is 56.7 Å². The van der Waals surface area contributed by atoms with Gasteiger partial charge in [0.2, 0.25) is 0 Å². The van der Waals surface area contributed by atoms with Crippen LogP contribution in [0.3, 0.4) is 0 Å². The van der Waals surface area contributed by atoms with E-state index < -0.39 is 0 Å². The summed E-state index contributed by atoms with van der Waals surface area (Å²) in [5.74, 6) is 1.86. The predicted molar refractivity (Wildman–Crippen MR) is 211 cm³/mol. The van der Waals surface area contributed by atoms with Gasteiger partial charge in [-0.15, -0.1) is 11.3 Å². The largest absolute Gasteiger partial charge is 0.456 e. The van der Waals surface area contributed by atoms with E-state index in [1.807, 2.05) is 84.1 Å². The maximum absolute atomic E-state index is 6.51. The maximum atomic E-state index is 6.51. The van der Waals surface area contributed by atoms with Gasteiger partial charge in [-0.3, -0.25) is 0 Å². The highest BCUT2D eigenvalue weighted by Crippen LogP contribution is 2.42. The summed E-state index contributed by atoms with van der Waals surface area (Å²) in [5, 5.41) is 7.03. The molecule has 4 heterocycles. The van der Waals surface area contributed by atoms with E-state index in [-0.39, 0.29) is 0 Å². The summed E-state index contributed by atoms with van der Waals surface area (Å²) >= 11 is 1.86. The number of hydrogen-bond donors (Lipinski definition) is 0. The van der Waals surface area contributed by atoms with Crippen molar-refractivity contribution in [3.63, 3.8) is 0 Å². The van der Waals surface area contributed by atoms with Crippen molar-refractivity contribution in [3.8, 4) is 39.9 Å². The molecule has 0 atom stereocenters. The number of aromatic nitrogens is 4. The molecule has 6 heteroatoms. The fraction of sp³-hybridized carbons (Fsp3) is 0. The lowest BCUT2D eigenvalue weighted by atomic mass is 10.0. The smallest absolute Gasteiger partial charge is 0.164 e. The molecule has 0 aliphatic carbocycles. The van der Waals surface area contributed by atoms with Crippen LogP contribution < -0.4 is 0 Å². The highest BCUT2D eigenvalue weighted by atomic mass is 32.1. The molecule has 7 aromatic carbocycles. The highest BCUT2D eigenvalue weighted by molar-refractivity contribution is 7.25. The molecule has 11 aromatic rings. The van der Waals surface area contributed by atoms with E-state index in [0.717, 1.165) is 44.3 Å². The maximum Gasteiger partial charge on any atom is 0.164 e. The Labute approximate surface area is 295 Å². The van der Waals surface area contributed by atoms with Crippen LogP contribution in [0.15, 0.2) is 162 Å². The highest BCUT2D eigenvalue weighted by Gasteiger charge is 2.20. The predicted octanol–water partition coefficient (Wildman–Crippen LogP) is 12.2. The lowest BCUT2D eigenvalue weighted by Gasteiger charge is -2.10. The first kappa shape index (κ1) is 28.2. The molecule has 4 aromatic heterocycles. The minimum Gasteiger partial charge on any atom is -0.456 e. The Morgan fingerprint density at radius 2 is 1.12 bits per heavy atom. The lowest BCUT2D eigenvalue weighted by Crippen LogP contribution is -2.00. The second kappa shape index (κ2) is 10.9. The van der Waals surface area contributed by atoms with Crippen LogP contribution in [-0.2, 0) is 0 Å². The van der Waals surface area contributed by atoms with Gasteiger partial charge in [0.25, 0.3) is 0 Å². The Kier molecular flexibility index (Phi) is 6.05. The molecule has 0 fully saturated rings. The van der Waals surface area contributed by atoms with E-state index in [2.05, 4.69) is 89.5 Å². The Balaban J connectivity index is 1.17. The molecular weight excluding hydrogens is 645 g/mol. The van der Waals surface area contributed by atoms with Crippen LogP contribution in [-0.4, -0.2) is 19.5 Å². The summed E-state index contributed by atoms with van der Waals surface area (Å²) in [4.78, 5) is 15.1. The van der Waals surface area contributed by atoms with Crippen LogP contribution in [0, 0.1) is 0 Å². The molecule has 0 radical (unpaired) electrons. The van der Waals surface area contributed by atoms with E-state index in [9.17, 15) is 0 Å². The fourth-order valence-electron chi connectivity index (χ4n) is 7.53. The second-order valence-corrected chi connectivity index (χ2v) is 13.9. The van der Waals surface area contributed by atoms with Crippen molar-refractivity contribution in [2.75, 3.05) is 0 Å². The normalized spacial score (nSPS) is 11.9. The summed E-state index contributed by atoms with van der Waals surface area (Å²) in [6, 6.07) is 54.9. The van der Waals surface area contributed by atoms with Crippen LogP contribution in [0.4, 0.5) is 0 Å². The molecule has 0 aliphatic heterocycles. The van der Waals surface area contributed by atoms with Crippen LogP contribution in [0.25, 0.3) is 104 Å². The summed E-state index contributed by atoms with van der Waals surface area (Å²) in [7, 11) is 0. The quantitative estimate of drug-likeness (QED) is 0.187. The van der Waals surface area contributed by atoms with Gasteiger partial charge in [-0.2, -0.15) is 0 Å². The molecule has 0 saturated carbocycles. The van der Waals surface area contributed by atoms with Crippen LogP contribution in [0.2, 0.25) is 0 Å². The van der Waals surface area contributed by atoms with Crippen LogP contribution in [0.1, 0.15) is 0 Å². The molecule has 0 spiro atoms. The SMILES string of the molecule is c1ccc(-c2nc(-c3ccccc3)nc(-c3cccc4oc5ccc(-n6c7ccccc7c7cc8sc9ccccc9c8cc76)cc5c34)n2)cc1. The number of nitrogens with zero attached hydrogens (tertiary/aromatic N) is 4. The van der Waals surface area contributed by atoms with Crippen molar-refractivity contribution in [1.29, 1.82) is 0 Å². The summed E-state index contributed by atoms with van der Waals surface area (Å²) in [6.45, 7) is 0. The molecular formula is C45H26N4OS. The molecule has 0 N–H and O–H groups in total. The van der Waals surface area contributed by atoms with Gasteiger partial charge in [0.1, 0.15) is 11.2 Å². The number of hydrogen-bond acceptors (Lipinski definition) is 5. The van der Waals surface area contributed by atoms with E-state index in [0.29, 0.717) is 17.5 Å². The zero-order valence-corrected chi connectivity index (χ0v) is 27.9. The Morgan fingerprint density at radius 1 is 0.431 bits per heavy atom. The van der Waals surface area contributed by atoms with Gasteiger partial charge >= 0.3 is 0 Å². The molecule has 0 aliphatic rings. The van der Waals surface area contributed by atoms with E-state index in [4.69, 9.17) is 19.4 Å². The third-order valence-electron chi connectivity index (χ3n) is 9.85. The molecule has 0 bridgehead atoms. The Hall–Kier alpha value is -6.63. The van der Waals surface area contributed by atoms with Crippen molar-refractivity contribution in [2.45, 2.75) is 0 Å². The van der Waals surface area contributed by atoms with Crippen molar-refractivity contribution in [2.24, 2.45) is 0 Å². The van der Waals surface area contributed by atoms with Gasteiger partial charge in [0.15, 0.2) is 17.5 Å². The number of benzene rings is 7. The first-order chi connectivity index (χ1) is 25.3. The monoisotopic (exact) mass is 670 g/mol. The van der Waals surface area contributed by atoms with E-state index >= 15 is 0 Å². The van der Waals surface area contributed by atoms with Crippen molar-refractivity contribution in [3.05, 3.63) is 158 Å². The zero-order chi connectivity index (χ0) is 33.5. The van der Waals surface area contributed by atoms with Gasteiger partial charge in [-0.25, -0.2) is 15.0 Å². The number of thiophene rings is 1. The van der Waals surface area contributed by atoms with Gasteiger partial charge in [0.05, 0.1) is 11.0 Å². The zero-order valence-electron chi connectivity index (χ0n) is 27.1. The molecule has 238 valence electrons. The average Bonchev–Trinajstić information content (AvgIpc) is 3.86. The van der Waals surface area contributed by atoms with Gasteiger partial charge in [0, 0.05) is 64.1 Å². The van der Waals surface area contributed by atoms with Gasteiger partial charge in [-0.05, 0) is 48.5 Å². The van der Waals surface area contributed by atoms with E-state index in [1.54, 1.807) is 0 Å². The third kappa shape index (κ3) is 4.37. The van der Waals surface area contributed by atoms with Crippen molar-refractivity contribution >= 4 is 75.3 Å².